The van der Waals surface area contributed by atoms with Crippen LogP contribution in [0, 0.1) is 16.0 Å². The quantitative estimate of drug-likeness (QED) is 0.580. The second-order valence-electron chi connectivity index (χ2n) is 4.75. The first-order chi connectivity index (χ1) is 9.88. The lowest BCUT2D eigenvalue weighted by atomic mass is 10.1. The summed E-state index contributed by atoms with van der Waals surface area (Å²) in [5.74, 6) is 0.569. The Morgan fingerprint density at radius 3 is 2.71 bits per heavy atom. The summed E-state index contributed by atoms with van der Waals surface area (Å²) in [6.45, 7) is 4.71. The molecule has 0 bridgehead atoms. The van der Waals surface area contributed by atoms with E-state index >= 15 is 0 Å². The molecule has 1 aromatic heterocycles. The van der Waals surface area contributed by atoms with Crippen molar-refractivity contribution in [3.8, 4) is 0 Å². The van der Waals surface area contributed by atoms with Crippen LogP contribution in [0.4, 0.5) is 17.3 Å². The highest BCUT2D eigenvalue weighted by Crippen LogP contribution is 2.23. The number of nitro groups is 1. The van der Waals surface area contributed by atoms with Gasteiger partial charge in [0.25, 0.3) is 5.69 Å². The van der Waals surface area contributed by atoms with Crippen molar-refractivity contribution in [1.29, 1.82) is 0 Å². The van der Waals surface area contributed by atoms with E-state index in [4.69, 9.17) is 0 Å². The van der Waals surface area contributed by atoms with Crippen LogP contribution in [-0.2, 0) is 4.79 Å². The van der Waals surface area contributed by atoms with Gasteiger partial charge < -0.3 is 15.5 Å². The third-order valence-corrected chi connectivity index (χ3v) is 3.00. The first kappa shape index (κ1) is 16.7. The van der Waals surface area contributed by atoms with Crippen molar-refractivity contribution < 1.29 is 9.72 Å². The monoisotopic (exact) mass is 295 g/mol. The molecule has 0 aliphatic heterocycles. The molecule has 0 saturated heterocycles. The second kappa shape index (κ2) is 7.41. The summed E-state index contributed by atoms with van der Waals surface area (Å²) in [5, 5.41) is 16.5. The van der Waals surface area contributed by atoms with Gasteiger partial charge in [-0.3, -0.25) is 14.9 Å². The molecule has 8 heteroatoms. The fourth-order valence-corrected chi connectivity index (χ4v) is 1.91. The maximum atomic E-state index is 11.5. The number of carbonyl (C=O) groups excluding carboxylic acids is 1. The molecule has 0 aromatic carbocycles. The topological polar surface area (TPSA) is 100 Å². The fraction of sp³-hybridized carbons (Fsp3) is 0.538. The van der Waals surface area contributed by atoms with Crippen molar-refractivity contribution in [1.82, 2.24) is 10.3 Å². The molecule has 8 nitrogen and oxygen atoms in total. The van der Waals surface area contributed by atoms with Crippen LogP contribution in [0.3, 0.4) is 0 Å². The molecule has 1 heterocycles. The Morgan fingerprint density at radius 1 is 1.52 bits per heavy atom. The zero-order valence-electron chi connectivity index (χ0n) is 12.7. The predicted octanol–water partition coefficient (Wildman–Crippen LogP) is 1.24. The lowest BCUT2D eigenvalue weighted by Crippen LogP contribution is -2.34. The molecule has 0 radical (unpaired) electrons. The highest BCUT2D eigenvalue weighted by molar-refractivity contribution is 5.78. The molecular weight excluding hydrogens is 274 g/mol. The number of amides is 1. The lowest BCUT2D eigenvalue weighted by Gasteiger charge is -2.22. The predicted molar refractivity (Wildman–Crippen MR) is 81.6 cm³/mol. The molecule has 0 fully saturated rings. The molecule has 1 amide bonds. The normalized spacial score (nSPS) is 11.6. The van der Waals surface area contributed by atoms with E-state index in [9.17, 15) is 14.9 Å². The van der Waals surface area contributed by atoms with Gasteiger partial charge in [0.1, 0.15) is 11.6 Å². The molecule has 2 N–H and O–H groups in total. The summed E-state index contributed by atoms with van der Waals surface area (Å²) in [4.78, 5) is 28.1. The maximum absolute atomic E-state index is 11.5. The van der Waals surface area contributed by atoms with Gasteiger partial charge in [-0.2, -0.15) is 0 Å². The molecule has 0 aliphatic carbocycles. The lowest BCUT2D eigenvalue weighted by molar-refractivity contribution is -0.384. The standard InChI is InChI=1S/C13H21N5O3/c1-5-15-11-6-10(18(20)21)7-12(16-11)17(4)8-9(2)13(19)14-3/h6-7,9H,5,8H2,1-4H3,(H,14,19)(H,15,16). The van der Waals surface area contributed by atoms with Gasteiger partial charge >= 0.3 is 0 Å². The third kappa shape index (κ3) is 4.59. The molecule has 0 spiro atoms. The number of rotatable bonds is 7. The fourth-order valence-electron chi connectivity index (χ4n) is 1.91. The smallest absolute Gasteiger partial charge is 0.276 e. The minimum absolute atomic E-state index is 0.0320. The number of pyridine rings is 1. The second-order valence-corrected chi connectivity index (χ2v) is 4.75. The summed E-state index contributed by atoms with van der Waals surface area (Å²) >= 11 is 0. The number of hydrogen-bond acceptors (Lipinski definition) is 6. The van der Waals surface area contributed by atoms with Crippen LogP contribution in [0.15, 0.2) is 12.1 Å². The van der Waals surface area contributed by atoms with Crippen molar-refractivity contribution in [3.63, 3.8) is 0 Å². The van der Waals surface area contributed by atoms with E-state index in [-0.39, 0.29) is 17.5 Å². The van der Waals surface area contributed by atoms with Gasteiger partial charge in [0.15, 0.2) is 0 Å². The van der Waals surface area contributed by atoms with Gasteiger partial charge in [0.05, 0.1) is 23.0 Å². The maximum Gasteiger partial charge on any atom is 0.276 e. The Morgan fingerprint density at radius 2 is 2.19 bits per heavy atom. The average molecular weight is 295 g/mol. The van der Waals surface area contributed by atoms with Crippen LogP contribution in [-0.4, -0.2) is 43.0 Å². The van der Waals surface area contributed by atoms with Crippen LogP contribution < -0.4 is 15.5 Å². The van der Waals surface area contributed by atoms with Crippen LogP contribution in [0.2, 0.25) is 0 Å². The Hall–Kier alpha value is -2.38. The highest BCUT2D eigenvalue weighted by atomic mass is 16.6. The molecule has 0 saturated carbocycles. The van der Waals surface area contributed by atoms with Crippen molar-refractivity contribution in [2.75, 3.05) is 37.4 Å². The highest BCUT2D eigenvalue weighted by Gasteiger charge is 2.18. The average Bonchev–Trinajstić information content (AvgIpc) is 2.46. The molecule has 0 aliphatic rings. The number of anilines is 2. The summed E-state index contributed by atoms with van der Waals surface area (Å²) in [6.07, 6.45) is 0. The zero-order valence-corrected chi connectivity index (χ0v) is 12.7. The Labute approximate surface area is 123 Å². The van der Waals surface area contributed by atoms with Gasteiger partial charge in [0.2, 0.25) is 5.91 Å². The van der Waals surface area contributed by atoms with Gasteiger partial charge in [-0.15, -0.1) is 0 Å². The molecule has 1 rings (SSSR count). The minimum atomic E-state index is -0.456. The van der Waals surface area contributed by atoms with E-state index < -0.39 is 4.92 Å². The van der Waals surface area contributed by atoms with Crippen molar-refractivity contribution in [2.45, 2.75) is 13.8 Å². The number of carbonyl (C=O) groups is 1. The first-order valence-corrected chi connectivity index (χ1v) is 6.72. The van der Waals surface area contributed by atoms with Crippen LogP contribution in [0.1, 0.15) is 13.8 Å². The van der Waals surface area contributed by atoms with E-state index in [0.717, 1.165) is 0 Å². The van der Waals surface area contributed by atoms with Gasteiger partial charge in [-0.25, -0.2) is 4.98 Å². The zero-order chi connectivity index (χ0) is 16.0. The molecule has 21 heavy (non-hydrogen) atoms. The molecule has 1 unspecified atom stereocenters. The summed E-state index contributed by atoms with van der Waals surface area (Å²) < 4.78 is 0. The summed E-state index contributed by atoms with van der Waals surface area (Å²) in [5.41, 5.74) is -0.0320. The number of nitrogens with one attached hydrogen (secondary N) is 2. The molecular formula is C13H21N5O3. The van der Waals surface area contributed by atoms with E-state index in [1.165, 1.54) is 12.1 Å². The van der Waals surface area contributed by atoms with Gasteiger partial charge in [-0.05, 0) is 6.92 Å². The van der Waals surface area contributed by atoms with Crippen molar-refractivity contribution in [2.24, 2.45) is 5.92 Å². The number of nitrogens with zero attached hydrogens (tertiary/aromatic N) is 3. The summed E-state index contributed by atoms with van der Waals surface area (Å²) in [6, 6.07) is 2.79. The van der Waals surface area contributed by atoms with Crippen LogP contribution >= 0.6 is 0 Å². The minimum Gasteiger partial charge on any atom is -0.370 e. The molecule has 116 valence electrons. The number of hydrogen-bond donors (Lipinski definition) is 2. The van der Waals surface area contributed by atoms with Gasteiger partial charge in [0, 0.05) is 27.2 Å². The SMILES string of the molecule is CCNc1cc([N+](=O)[O-])cc(N(C)CC(C)C(=O)NC)n1. The Kier molecular flexibility index (Phi) is 5.89. The Bertz CT molecular complexity index is 521. The van der Waals surface area contributed by atoms with E-state index in [0.29, 0.717) is 24.7 Å². The molecule has 1 aromatic rings. The molecule has 1 atom stereocenters. The largest absolute Gasteiger partial charge is 0.370 e. The van der Waals surface area contributed by atoms with Crippen LogP contribution in [0.5, 0.6) is 0 Å². The van der Waals surface area contributed by atoms with Crippen molar-refractivity contribution >= 4 is 23.2 Å². The van der Waals surface area contributed by atoms with Crippen molar-refractivity contribution in [3.05, 3.63) is 22.2 Å². The van der Waals surface area contributed by atoms with Gasteiger partial charge in [-0.1, -0.05) is 6.92 Å². The first-order valence-electron chi connectivity index (χ1n) is 6.72. The van der Waals surface area contributed by atoms with E-state index in [1.54, 1.807) is 25.9 Å². The Balaban J connectivity index is 2.99. The van der Waals surface area contributed by atoms with E-state index in [2.05, 4.69) is 15.6 Å². The van der Waals surface area contributed by atoms with Crippen LogP contribution in [0.25, 0.3) is 0 Å². The van der Waals surface area contributed by atoms with E-state index in [1.807, 2.05) is 6.92 Å². The number of aromatic nitrogens is 1. The third-order valence-electron chi connectivity index (χ3n) is 3.00. The summed E-state index contributed by atoms with van der Waals surface area (Å²) in [7, 11) is 3.33.